The van der Waals surface area contributed by atoms with Gasteiger partial charge in [-0.3, -0.25) is 9.59 Å². The molecule has 0 aliphatic carbocycles. The van der Waals surface area contributed by atoms with Gasteiger partial charge in [0.15, 0.2) is 11.5 Å². The van der Waals surface area contributed by atoms with Gasteiger partial charge in [0.25, 0.3) is 5.91 Å². The van der Waals surface area contributed by atoms with Crippen molar-refractivity contribution in [3.8, 4) is 11.5 Å². The van der Waals surface area contributed by atoms with Crippen LogP contribution >= 0.6 is 11.6 Å². The molecule has 2 N–H and O–H groups in total. The normalized spacial score (nSPS) is 13.3. The summed E-state index contributed by atoms with van der Waals surface area (Å²) in [4.78, 5) is 36.1. The van der Waals surface area contributed by atoms with Gasteiger partial charge < -0.3 is 24.8 Å². The zero-order valence-electron chi connectivity index (χ0n) is 13.2. The van der Waals surface area contributed by atoms with Crippen LogP contribution in [0.3, 0.4) is 0 Å². The molecule has 9 heteroatoms. The molecule has 0 saturated heterocycles. The first-order valence-corrected chi connectivity index (χ1v) is 7.56. The Kier molecular flexibility index (Phi) is 5.50. The van der Waals surface area contributed by atoms with Crippen molar-refractivity contribution in [1.82, 2.24) is 10.2 Å². The lowest BCUT2D eigenvalue weighted by Gasteiger charge is -2.26. The Hall–Kier alpha value is -2.48. The number of hydrogen-bond donors (Lipinski definition) is 2. The van der Waals surface area contributed by atoms with Crippen LogP contribution in [-0.2, 0) is 9.59 Å². The minimum atomic E-state index is -1.15. The molecule has 0 radical (unpaired) electrons. The molecule has 1 aromatic carbocycles. The van der Waals surface area contributed by atoms with Crippen LogP contribution in [0.1, 0.15) is 24.2 Å². The Morgan fingerprint density at radius 3 is 2.71 bits per heavy atom. The second kappa shape index (κ2) is 7.39. The van der Waals surface area contributed by atoms with E-state index in [0.717, 1.165) is 4.90 Å². The van der Waals surface area contributed by atoms with E-state index < -0.39 is 17.9 Å². The molecule has 0 aromatic heterocycles. The number of halogens is 1. The molecule has 1 aliphatic heterocycles. The van der Waals surface area contributed by atoms with Crippen molar-refractivity contribution >= 4 is 29.4 Å². The van der Waals surface area contributed by atoms with Gasteiger partial charge in [-0.25, -0.2) is 4.79 Å². The monoisotopic (exact) mass is 356 g/mol. The lowest BCUT2D eigenvalue weighted by atomic mass is 10.1. The zero-order chi connectivity index (χ0) is 17.9. The number of carbonyl (C=O) groups is 3. The first-order valence-electron chi connectivity index (χ1n) is 7.18. The van der Waals surface area contributed by atoms with Crippen LogP contribution in [0.5, 0.6) is 11.5 Å². The zero-order valence-corrected chi connectivity index (χ0v) is 13.9. The number of fused-ring (bicyclic) bond motifs is 1. The maximum Gasteiger partial charge on any atom is 0.326 e. The molecule has 8 nitrogen and oxygen atoms in total. The van der Waals surface area contributed by atoms with Crippen LogP contribution in [0.2, 0.25) is 5.02 Å². The van der Waals surface area contributed by atoms with Gasteiger partial charge in [0, 0.05) is 25.6 Å². The highest BCUT2D eigenvalue weighted by atomic mass is 35.5. The van der Waals surface area contributed by atoms with Crippen molar-refractivity contribution in [3.05, 3.63) is 22.7 Å². The number of nitrogens with one attached hydrogen (secondary N) is 1. The van der Waals surface area contributed by atoms with Crippen molar-refractivity contribution in [2.75, 3.05) is 19.9 Å². The molecule has 0 saturated carbocycles. The van der Waals surface area contributed by atoms with Crippen LogP contribution in [-0.4, -0.2) is 53.7 Å². The molecule has 2 amide bonds. The number of carbonyl (C=O) groups excluding carboxylic acids is 2. The summed E-state index contributed by atoms with van der Waals surface area (Å²) >= 11 is 6.06. The fourth-order valence-corrected chi connectivity index (χ4v) is 2.48. The fraction of sp³-hybridized carbons (Fsp3) is 0.400. The summed E-state index contributed by atoms with van der Waals surface area (Å²) in [6, 6.07) is 1.78. The van der Waals surface area contributed by atoms with Crippen LogP contribution in [0.4, 0.5) is 0 Å². The molecular weight excluding hydrogens is 340 g/mol. The maximum atomic E-state index is 12.7. The van der Waals surface area contributed by atoms with Gasteiger partial charge in [-0.1, -0.05) is 11.6 Å². The summed E-state index contributed by atoms with van der Waals surface area (Å²) in [7, 11) is 0. The lowest BCUT2D eigenvalue weighted by molar-refractivity contribution is -0.141. The predicted octanol–water partition coefficient (Wildman–Crippen LogP) is 1.12. The molecule has 130 valence electrons. The summed E-state index contributed by atoms with van der Waals surface area (Å²) in [5, 5.41) is 12.0. The van der Waals surface area contributed by atoms with E-state index in [-0.39, 0.29) is 36.4 Å². The number of amides is 2. The highest BCUT2D eigenvalue weighted by molar-refractivity contribution is 6.32. The second-order valence-electron chi connectivity index (χ2n) is 5.19. The number of hydrogen-bond acceptors (Lipinski definition) is 5. The third-order valence-electron chi connectivity index (χ3n) is 3.49. The van der Waals surface area contributed by atoms with Crippen LogP contribution < -0.4 is 14.8 Å². The van der Waals surface area contributed by atoms with Crippen molar-refractivity contribution in [1.29, 1.82) is 0 Å². The number of benzene rings is 1. The predicted molar refractivity (Wildman–Crippen MR) is 84.4 cm³/mol. The SMILES string of the molecule is CC(=O)NCCN(C(=O)c1cc(Cl)c2c(c1)OCO2)C(C)C(=O)O. The van der Waals surface area contributed by atoms with Gasteiger partial charge in [0.1, 0.15) is 6.04 Å². The third-order valence-corrected chi connectivity index (χ3v) is 3.77. The average molecular weight is 357 g/mol. The molecule has 0 spiro atoms. The van der Waals surface area contributed by atoms with Crippen LogP contribution in [0.25, 0.3) is 0 Å². The summed E-state index contributed by atoms with van der Waals surface area (Å²) in [5.41, 5.74) is 0.181. The quantitative estimate of drug-likeness (QED) is 0.791. The van der Waals surface area contributed by atoms with Crippen molar-refractivity contribution in [3.63, 3.8) is 0 Å². The summed E-state index contributed by atoms with van der Waals surface area (Å²) in [6.07, 6.45) is 0. The number of rotatable bonds is 6. The van der Waals surface area contributed by atoms with E-state index in [0.29, 0.717) is 11.5 Å². The van der Waals surface area contributed by atoms with E-state index in [9.17, 15) is 19.5 Å². The number of aliphatic carboxylic acids is 1. The van der Waals surface area contributed by atoms with Crippen molar-refractivity contribution in [2.45, 2.75) is 19.9 Å². The van der Waals surface area contributed by atoms with Crippen molar-refractivity contribution < 1.29 is 29.0 Å². The standard InChI is InChI=1S/C15H17ClN2O6/c1-8(15(21)22)18(4-3-17-9(2)19)14(20)10-5-11(16)13-12(6-10)23-7-24-13/h5-6,8H,3-4,7H2,1-2H3,(H,17,19)(H,21,22). The third kappa shape index (κ3) is 3.88. The van der Waals surface area contributed by atoms with Gasteiger partial charge in [-0.2, -0.15) is 0 Å². The van der Waals surface area contributed by atoms with Gasteiger partial charge in [0.05, 0.1) is 5.02 Å². The molecule has 0 bridgehead atoms. The summed E-state index contributed by atoms with van der Waals surface area (Å²) in [5.74, 6) is -1.27. The number of ether oxygens (including phenoxy) is 2. The van der Waals surface area contributed by atoms with E-state index in [2.05, 4.69) is 5.32 Å². The Morgan fingerprint density at radius 1 is 1.38 bits per heavy atom. The van der Waals surface area contributed by atoms with Gasteiger partial charge in [-0.15, -0.1) is 0 Å². The summed E-state index contributed by atoms with van der Waals surface area (Å²) < 4.78 is 10.4. The van der Waals surface area contributed by atoms with Crippen molar-refractivity contribution in [2.24, 2.45) is 0 Å². The first kappa shape index (κ1) is 17.9. The highest BCUT2D eigenvalue weighted by Crippen LogP contribution is 2.40. The number of carboxylic acid groups (broad SMARTS) is 1. The van der Waals surface area contributed by atoms with Gasteiger partial charge >= 0.3 is 5.97 Å². The molecule has 2 rings (SSSR count). The van der Waals surface area contributed by atoms with Crippen LogP contribution in [0, 0.1) is 0 Å². The molecule has 1 aliphatic rings. The first-order chi connectivity index (χ1) is 11.3. The van der Waals surface area contributed by atoms with E-state index >= 15 is 0 Å². The molecule has 1 unspecified atom stereocenters. The largest absolute Gasteiger partial charge is 0.480 e. The molecule has 1 atom stereocenters. The Labute approximate surface area is 143 Å². The minimum Gasteiger partial charge on any atom is -0.480 e. The smallest absolute Gasteiger partial charge is 0.326 e. The number of nitrogens with zero attached hydrogens (tertiary/aromatic N) is 1. The second-order valence-corrected chi connectivity index (χ2v) is 5.59. The molecule has 1 aromatic rings. The average Bonchev–Trinajstić information content (AvgIpc) is 2.99. The van der Waals surface area contributed by atoms with E-state index in [1.54, 1.807) is 0 Å². The fourth-order valence-electron chi connectivity index (χ4n) is 2.21. The summed E-state index contributed by atoms with van der Waals surface area (Å²) in [6.45, 7) is 2.91. The highest BCUT2D eigenvalue weighted by Gasteiger charge is 2.28. The maximum absolute atomic E-state index is 12.7. The minimum absolute atomic E-state index is 0.00444. The Bertz CT molecular complexity index is 678. The van der Waals surface area contributed by atoms with E-state index in [1.165, 1.54) is 26.0 Å². The molecule has 0 fully saturated rings. The van der Waals surface area contributed by atoms with E-state index in [1.807, 2.05) is 0 Å². The Morgan fingerprint density at radius 2 is 2.08 bits per heavy atom. The number of carboxylic acids is 1. The van der Waals surface area contributed by atoms with E-state index in [4.69, 9.17) is 21.1 Å². The van der Waals surface area contributed by atoms with Gasteiger partial charge in [-0.05, 0) is 19.1 Å². The molecular formula is C15H17ClN2O6. The lowest BCUT2D eigenvalue weighted by Crippen LogP contribution is -2.46. The Balaban J connectivity index is 2.25. The molecule has 24 heavy (non-hydrogen) atoms. The topological polar surface area (TPSA) is 105 Å². The molecule has 1 heterocycles. The van der Waals surface area contributed by atoms with Crippen LogP contribution in [0.15, 0.2) is 12.1 Å². The van der Waals surface area contributed by atoms with Gasteiger partial charge in [0.2, 0.25) is 12.7 Å².